The van der Waals surface area contributed by atoms with Gasteiger partial charge < -0.3 is 4.90 Å². The van der Waals surface area contributed by atoms with Crippen LogP contribution in [-0.4, -0.2) is 17.5 Å². The lowest BCUT2D eigenvalue weighted by Gasteiger charge is -2.32. The third-order valence-corrected chi connectivity index (χ3v) is 4.95. The maximum absolute atomic E-state index is 11.0. The van der Waals surface area contributed by atoms with Crippen LogP contribution in [0.25, 0.3) is 0 Å². The Bertz CT molecular complexity index is 694. The third-order valence-electron chi connectivity index (χ3n) is 4.95. The molecule has 2 aromatic carbocycles. The van der Waals surface area contributed by atoms with E-state index in [1.165, 1.54) is 31.2 Å². The second kappa shape index (κ2) is 7.47. The number of hydrogen-bond donors (Lipinski definition) is 0. The molecule has 4 heteroatoms. The van der Waals surface area contributed by atoms with Gasteiger partial charge in [0.1, 0.15) is 0 Å². The van der Waals surface area contributed by atoms with Gasteiger partial charge in [-0.3, -0.25) is 10.1 Å². The fourth-order valence-electron chi connectivity index (χ4n) is 3.69. The first-order chi connectivity index (χ1) is 11.6. The van der Waals surface area contributed by atoms with Gasteiger partial charge in [0.25, 0.3) is 5.69 Å². The van der Waals surface area contributed by atoms with Crippen LogP contribution in [0, 0.1) is 17.0 Å². The second-order valence-electron chi connectivity index (χ2n) is 6.60. The summed E-state index contributed by atoms with van der Waals surface area (Å²) in [5.41, 5.74) is 3.64. The molecule has 3 rings (SSSR count). The van der Waals surface area contributed by atoms with Crippen LogP contribution in [0.3, 0.4) is 0 Å². The van der Waals surface area contributed by atoms with Gasteiger partial charge >= 0.3 is 0 Å². The average Bonchev–Trinajstić information content (AvgIpc) is 3.11. The van der Waals surface area contributed by atoms with Crippen LogP contribution in [0.5, 0.6) is 0 Å². The molecule has 4 nitrogen and oxygen atoms in total. The maximum atomic E-state index is 11.0. The standard InChI is InChI=1S/C20H24N2O2/c1-16-15-19(22(23)24)11-12-20(16)21(18-9-5-6-10-18)14-13-17-7-3-2-4-8-17/h2-4,7-8,11-12,15,18H,5-6,9-10,13-14H2,1H3. The van der Waals surface area contributed by atoms with E-state index >= 15 is 0 Å². The summed E-state index contributed by atoms with van der Waals surface area (Å²) in [5.74, 6) is 0. The van der Waals surface area contributed by atoms with Crippen molar-refractivity contribution >= 4 is 11.4 Å². The summed E-state index contributed by atoms with van der Waals surface area (Å²) >= 11 is 0. The monoisotopic (exact) mass is 324 g/mol. The number of nitrogens with zero attached hydrogens (tertiary/aromatic N) is 2. The minimum absolute atomic E-state index is 0.172. The molecule has 0 aromatic heterocycles. The molecular formula is C20H24N2O2. The summed E-state index contributed by atoms with van der Waals surface area (Å²) in [5, 5.41) is 11.0. The molecule has 0 spiro atoms. The third kappa shape index (κ3) is 3.75. The van der Waals surface area contributed by atoms with E-state index in [4.69, 9.17) is 0 Å². The highest BCUT2D eigenvalue weighted by Crippen LogP contribution is 2.32. The van der Waals surface area contributed by atoms with Crippen molar-refractivity contribution in [2.75, 3.05) is 11.4 Å². The topological polar surface area (TPSA) is 46.4 Å². The fourth-order valence-corrected chi connectivity index (χ4v) is 3.69. The Morgan fingerprint density at radius 3 is 2.46 bits per heavy atom. The lowest BCUT2D eigenvalue weighted by atomic mass is 10.1. The van der Waals surface area contributed by atoms with Crippen LogP contribution in [0.15, 0.2) is 48.5 Å². The van der Waals surface area contributed by atoms with E-state index in [-0.39, 0.29) is 10.6 Å². The van der Waals surface area contributed by atoms with Crippen molar-refractivity contribution in [3.8, 4) is 0 Å². The summed E-state index contributed by atoms with van der Waals surface area (Å²) in [6.45, 7) is 2.93. The van der Waals surface area contributed by atoms with Gasteiger partial charge in [-0.2, -0.15) is 0 Å². The summed E-state index contributed by atoms with van der Waals surface area (Å²) in [6.07, 6.45) is 5.97. The lowest BCUT2D eigenvalue weighted by Crippen LogP contribution is -2.35. The molecule has 0 amide bonds. The van der Waals surface area contributed by atoms with E-state index in [0.717, 1.165) is 24.2 Å². The van der Waals surface area contributed by atoms with Gasteiger partial charge in [-0.1, -0.05) is 43.2 Å². The molecule has 1 aliphatic rings. The van der Waals surface area contributed by atoms with E-state index in [9.17, 15) is 10.1 Å². The van der Waals surface area contributed by atoms with E-state index in [1.807, 2.05) is 19.1 Å². The highest BCUT2D eigenvalue weighted by molar-refractivity contribution is 5.58. The first kappa shape index (κ1) is 16.5. The van der Waals surface area contributed by atoms with Crippen molar-refractivity contribution in [1.29, 1.82) is 0 Å². The number of benzene rings is 2. The number of rotatable bonds is 6. The quantitative estimate of drug-likeness (QED) is 0.561. The number of anilines is 1. The Morgan fingerprint density at radius 2 is 1.83 bits per heavy atom. The van der Waals surface area contributed by atoms with Gasteiger partial charge in [0.15, 0.2) is 0 Å². The smallest absolute Gasteiger partial charge is 0.269 e. The van der Waals surface area contributed by atoms with E-state index in [2.05, 4.69) is 29.2 Å². The minimum Gasteiger partial charge on any atom is -0.368 e. The Hall–Kier alpha value is -2.36. The van der Waals surface area contributed by atoms with Gasteiger partial charge in [0.2, 0.25) is 0 Å². The van der Waals surface area contributed by atoms with Gasteiger partial charge in [-0.25, -0.2) is 0 Å². The zero-order valence-electron chi connectivity index (χ0n) is 14.1. The predicted octanol–water partition coefficient (Wildman–Crippen LogP) is 4.89. The van der Waals surface area contributed by atoms with Crippen molar-refractivity contribution in [3.63, 3.8) is 0 Å². The average molecular weight is 324 g/mol. The molecule has 1 fully saturated rings. The number of aryl methyl sites for hydroxylation is 1. The van der Waals surface area contributed by atoms with Crippen LogP contribution >= 0.6 is 0 Å². The molecule has 0 bridgehead atoms. The molecule has 1 saturated carbocycles. The SMILES string of the molecule is Cc1cc([N+](=O)[O-])ccc1N(CCc1ccccc1)C1CCCC1. The Labute approximate surface area is 143 Å². The van der Waals surface area contributed by atoms with Crippen LogP contribution in [-0.2, 0) is 6.42 Å². The van der Waals surface area contributed by atoms with Crippen molar-refractivity contribution in [2.24, 2.45) is 0 Å². The molecule has 1 aliphatic carbocycles. The Balaban J connectivity index is 1.83. The van der Waals surface area contributed by atoms with Gasteiger partial charge in [0.05, 0.1) is 4.92 Å². The largest absolute Gasteiger partial charge is 0.368 e. The van der Waals surface area contributed by atoms with Crippen LogP contribution in [0.4, 0.5) is 11.4 Å². The zero-order chi connectivity index (χ0) is 16.9. The number of hydrogen-bond acceptors (Lipinski definition) is 3. The fraction of sp³-hybridized carbons (Fsp3) is 0.400. The van der Waals surface area contributed by atoms with Crippen LogP contribution < -0.4 is 4.90 Å². The molecule has 0 heterocycles. The van der Waals surface area contributed by atoms with Crippen LogP contribution in [0.1, 0.15) is 36.8 Å². The molecule has 2 aromatic rings. The summed E-state index contributed by atoms with van der Waals surface area (Å²) < 4.78 is 0. The maximum Gasteiger partial charge on any atom is 0.269 e. The lowest BCUT2D eigenvalue weighted by molar-refractivity contribution is -0.384. The molecule has 0 N–H and O–H groups in total. The number of non-ortho nitro benzene ring substituents is 1. The molecule has 0 unspecified atom stereocenters. The normalized spacial score (nSPS) is 14.7. The second-order valence-corrected chi connectivity index (χ2v) is 6.60. The van der Waals surface area contributed by atoms with Gasteiger partial charge in [0, 0.05) is 30.4 Å². The molecule has 0 saturated heterocycles. The molecule has 24 heavy (non-hydrogen) atoms. The molecular weight excluding hydrogens is 300 g/mol. The van der Waals surface area contributed by atoms with E-state index < -0.39 is 0 Å². The summed E-state index contributed by atoms with van der Waals surface area (Å²) in [7, 11) is 0. The summed E-state index contributed by atoms with van der Waals surface area (Å²) in [6, 6.07) is 16.3. The van der Waals surface area contributed by atoms with Gasteiger partial charge in [-0.15, -0.1) is 0 Å². The van der Waals surface area contributed by atoms with Crippen molar-refractivity contribution < 1.29 is 4.92 Å². The van der Waals surface area contributed by atoms with E-state index in [0.29, 0.717) is 6.04 Å². The highest BCUT2D eigenvalue weighted by Gasteiger charge is 2.24. The number of nitro groups is 1. The van der Waals surface area contributed by atoms with Crippen molar-refractivity contribution in [1.82, 2.24) is 0 Å². The van der Waals surface area contributed by atoms with Gasteiger partial charge in [-0.05, 0) is 43.4 Å². The Kier molecular flexibility index (Phi) is 5.14. The zero-order valence-corrected chi connectivity index (χ0v) is 14.1. The predicted molar refractivity (Wildman–Crippen MR) is 97.6 cm³/mol. The number of nitro benzene ring substituents is 1. The molecule has 0 atom stereocenters. The summed E-state index contributed by atoms with van der Waals surface area (Å²) in [4.78, 5) is 13.1. The molecule has 126 valence electrons. The van der Waals surface area contributed by atoms with Crippen molar-refractivity contribution in [3.05, 3.63) is 69.8 Å². The van der Waals surface area contributed by atoms with Crippen molar-refractivity contribution in [2.45, 2.75) is 45.1 Å². The Morgan fingerprint density at radius 1 is 1.12 bits per heavy atom. The first-order valence-electron chi connectivity index (χ1n) is 8.71. The van der Waals surface area contributed by atoms with Crippen LogP contribution in [0.2, 0.25) is 0 Å². The van der Waals surface area contributed by atoms with E-state index in [1.54, 1.807) is 12.1 Å². The highest BCUT2D eigenvalue weighted by atomic mass is 16.6. The minimum atomic E-state index is -0.319. The molecule has 0 radical (unpaired) electrons. The molecule has 0 aliphatic heterocycles. The first-order valence-corrected chi connectivity index (χ1v) is 8.71.